The molecule has 2 heterocycles. The molecule has 0 atom stereocenters. The average Bonchev–Trinajstić information content (AvgIpc) is 3.13. The highest BCUT2D eigenvalue weighted by Crippen LogP contribution is 2.24. The number of carbonyl (C=O) groups is 1. The lowest BCUT2D eigenvalue weighted by Crippen LogP contribution is -2.47. The minimum atomic E-state index is -0.410. The van der Waals surface area contributed by atoms with Crippen molar-refractivity contribution >= 4 is 40.8 Å². The van der Waals surface area contributed by atoms with Crippen molar-refractivity contribution < 1.29 is 23.6 Å². The summed E-state index contributed by atoms with van der Waals surface area (Å²) in [6.45, 7) is 5.61. The summed E-state index contributed by atoms with van der Waals surface area (Å²) in [7, 11) is 0. The molecule has 0 bridgehead atoms. The van der Waals surface area contributed by atoms with Crippen LogP contribution in [0.2, 0.25) is 0 Å². The molecule has 5 rings (SSSR count). The number of piperazine rings is 1. The zero-order chi connectivity index (χ0) is 35.1. The van der Waals surface area contributed by atoms with Gasteiger partial charge in [0.2, 0.25) is 23.8 Å². The number of hydrogen-bond donors (Lipinski definition) is 4. The fraction of sp³-hybridized carbons (Fsp3) is 0.353. The summed E-state index contributed by atoms with van der Waals surface area (Å²) in [6.07, 6.45) is 0.221. The van der Waals surface area contributed by atoms with Crippen molar-refractivity contribution in [3.05, 3.63) is 99.9 Å². The van der Waals surface area contributed by atoms with Crippen LogP contribution in [0.3, 0.4) is 0 Å². The maximum absolute atomic E-state index is 13.4. The third-order valence-electron chi connectivity index (χ3n) is 7.75. The molecule has 4 aromatic rings. The molecule has 16 heteroatoms. The highest BCUT2D eigenvalue weighted by Gasteiger charge is 2.22. The summed E-state index contributed by atoms with van der Waals surface area (Å²) in [5.74, 6) is 0.732. The largest absolute Gasteiger partial charge is 0.378 e. The molecule has 1 fully saturated rings. The first-order chi connectivity index (χ1) is 24.4. The van der Waals surface area contributed by atoms with Gasteiger partial charge in [0.15, 0.2) is 0 Å². The van der Waals surface area contributed by atoms with Crippen molar-refractivity contribution in [2.24, 2.45) is 5.73 Å². The summed E-state index contributed by atoms with van der Waals surface area (Å²) >= 11 is 0. The molecule has 1 aromatic heterocycles. The monoisotopic (exact) mass is 688 g/mol. The van der Waals surface area contributed by atoms with Crippen LogP contribution in [0, 0.1) is 15.9 Å². The quantitative estimate of drug-likeness (QED) is 0.0679. The first-order valence-electron chi connectivity index (χ1n) is 16.3. The SMILES string of the molecule is NCCOCCOCCNC(=O)Cc1ccc(Nc2nc(NCc3ccc(F)cc3)nc(N3CCN(c4ccc([N+](=O)[O-])cc4)CC3)n2)cc1. The Morgan fingerprint density at radius 2 is 1.46 bits per heavy atom. The number of halogens is 1. The number of non-ortho nitro benzene ring substituents is 1. The second-order valence-electron chi connectivity index (χ2n) is 11.4. The van der Waals surface area contributed by atoms with Crippen LogP contribution in [0.15, 0.2) is 72.8 Å². The van der Waals surface area contributed by atoms with E-state index in [9.17, 15) is 19.3 Å². The molecule has 0 spiro atoms. The van der Waals surface area contributed by atoms with Gasteiger partial charge in [0.1, 0.15) is 5.82 Å². The topological polar surface area (TPSA) is 186 Å². The molecule has 1 saturated heterocycles. The minimum Gasteiger partial charge on any atom is -0.378 e. The molecule has 1 amide bonds. The number of ether oxygens (including phenoxy) is 2. The minimum absolute atomic E-state index is 0.0526. The highest BCUT2D eigenvalue weighted by molar-refractivity contribution is 5.78. The Morgan fingerprint density at radius 3 is 2.14 bits per heavy atom. The van der Waals surface area contributed by atoms with Gasteiger partial charge in [-0.2, -0.15) is 15.0 Å². The molecule has 1 aliphatic heterocycles. The molecule has 1 aliphatic rings. The van der Waals surface area contributed by atoms with Crippen molar-refractivity contribution in [2.45, 2.75) is 13.0 Å². The number of nitrogens with two attached hydrogens (primary N) is 1. The lowest BCUT2D eigenvalue weighted by atomic mass is 10.1. The van der Waals surface area contributed by atoms with Gasteiger partial charge in [0, 0.05) is 69.3 Å². The summed E-state index contributed by atoms with van der Waals surface area (Å²) in [4.78, 5) is 41.2. The summed E-state index contributed by atoms with van der Waals surface area (Å²) in [5.41, 5.74) is 8.76. The molecule has 15 nitrogen and oxygen atoms in total. The number of nitro benzene ring substituents is 1. The van der Waals surface area contributed by atoms with Crippen LogP contribution in [0.4, 0.5) is 39.3 Å². The van der Waals surface area contributed by atoms with Crippen LogP contribution in [-0.2, 0) is 27.2 Å². The first-order valence-corrected chi connectivity index (χ1v) is 16.3. The average molecular weight is 689 g/mol. The van der Waals surface area contributed by atoms with Gasteiger partial charge in [-0.05, 0) is 47.5 Å². The lowest BCUT2D eigenvalue weighted by Gasteiger charge is -2.36. The Bertz CT molecular complexity index is 1670. The number of nitrogens with one attached hydrogen (secondary N) is 3. The van der Waals surface area contributed by atoms with Crippen LogP contribution in [-0.4, -0.2) is 91.5 Å². The van der Waals surface area contributed by atoms with E-state index in [-0.39, 0.29) is 23.8 Å². The van der Waals surface area contributed by atoms with Crippen LogP contribution in [0.5, 0.6) is 0 Å². The van der Waals surface area contributed by atoms with E-state index in [1.807, 2.05) is 24.3 Å². The number of rotatable bonds is 18. The summed E-state index contributed by atoms with van der Waals surface area (Å²) in [6, 6.07) is 20.1. The number of benzene rings is 3. The normalized spacial score (nSPS) is 12.8. The Hall–Kier alpha value is -5.45. The van der Waals surface area contributed by atoms with Gasteiger partial charge >= 0.3 is 0 Å². The van der Waals surface area contributed by atoms with E-state index in [2.05, 4.69) is 35.7 Å². The van der Waals surface area contributed by atoms with Crippen molar-refractivity contribution in [3.8, 4) is 0 Å². The maximum atomic E-state index is 13.4. The van der Waals surface area contributed by atoms with Crippen LogP contribution < -0.4 is 31.5 Å². The molecule has 0 saturated carbocycles. The number of anilines is 5. The number of carbonyl (C=O) groups excluding carboxylic acids is 1. The zero-order valence-electron chi connectivity index (χ0n) is 27.6. The van der Waals surface area contributed by atoms with E-state index in [1.165, 1.54) is 24.3 Å². The Morgan fingerprint density at radius 1 is 0.820 bits per heavy atom. The zero-order valence-corrected chi connectivity index (χ0v) is 27.6. The third kappa shape index (κ3) is 11.0. The van der Waals surface area contributed by atoms with Crippen LogP contribution >= 0.6 is 0 Å². The molecule has 50 heavy (non-hydrogen) atoms. The predicted octanol–water partition coefficient (Wildman–Crippen LogP) is 3.25. The maximum Gasteiger partial charge on any atom is 0.269 e. The standard InChI is InChI=1S/C34H41FN10O5/c35-27-5-1-26(2-6-27)24-38-32-40-33(39-28-7-3-25(4-8-28)23-31(46)37-14-20-50-22-21-49-19-13-36)42-34(41-32)44-17-15-43(16-18-44)29-9-11-30(12-10-29)45(47)48/h1-12H,13-24,36H2,(H,37,46)(H2,38,39,40,41,42). The van der Waals surface area contributed by atoms with Crippen molar-refractivity contribution in [2.75, 3.05) is 86.1 Å². The second kappa shape index (κ2) is 18.4. The molecule has 5 N–H and O–H groups in total. The second-order valence-corrected chi connectivity index (χ2v) is 11.4. The Kier molecular flexibility index (Phi) is 13.2. The first kappa shape index (κ1) is 35.8. The van der Waals surface area contributed by atoms with Gasteiger partial charge < -0.3 is 41.0 Å². The number of amides is 1. The smallest absolute Gasteiger partial charge is 0.269 e. The van der Waals surface area contributed by atoms with E-state index >= 15 is 0 Å². The van der Waals surface area contributed by atoms with E-state index < -0.39 is 4.92 Å². The number of nitrogens with zero attached hydrogens (tertiary/aromatic N) is 6. The molecule has 264 valence electrons. The molecular formula is C34H41FN10O5. The predicted molar refractivity (Wildman–Crippen MR) is 188 cm³/mol. The van der Waals surface area contributed by atoms with Crippen LogP contribution in [0.1, 0.15) is 11.1 Å². The Labute approximate surface area is 289 Å². The van der Waals surface area contributed by atoms with Gasteiger partial charge in [-0.1, -0.05) is 24.3 Å². The van der Waals surface area contributed by atoms with Crippen molar-refractivity contribution in [3.63, 3.8) is 0 Å². The van der Waals surface area contributed by atoms with E-state index in [1.54, 1.807) is 24.3 Å². The molecule has 0 aliphatic carbocycles. The molecule has 0 unspecified atom stereocenters. The molecule has 0 radical (unpaired) electrons. The number of hydrogen-bond acceptors (Lipinski definition) is 13. The lowest BCUT2D eigenvalue weighted by molar-refractivity contribution is -0.384. The molecule has 3 aromatic carbocycles. The van der Waals surface area contributed by atoms with E-state index in [0.29, 0.717) is 90.1 Å². The highest BCUT2D eigenvalue weighted by atomic mass is 19.1. The van der Waals surface area contributed by atoms with Gasteiger partial charge in [0.25, 0.3) is 5.69 Å². The van der Waals surface area contributed by atoms with Gasteiger partial charge in [-0.15, -0.1) is 0 Å². The molecular weight excluding hydrogens is 647 g/mol. The fourth-order valence-corrected chi connectivity index (χ4v) is 5.13. The summed E-state index contributed by atoms with van der Waals surface area (Å²) < 4.78 is 24.1. The van der Waals surface area contributed by atoms with E-state index in [4.69, 9.17) is 20.2 Å². The van der Waals surface area contributed by atoms with E-state index in [0.717, 1.165) is 22.5 Å². The van der Waals surface area contributed by atoms with Gasteiger partial charge in [0.05, 0.1) is 37.8 Å². The Balaban J connectivity index is 1.19. The summed E-state index contributed by atoms with van der Waals surface area (Å²) in [5, 5.41) is 20.4. The van der Waals surface area contributed by atoms with Crippen LogP contribution in [0.25, 0.3) is 0 Å². The number of aromatic nitrogens is 3. The van der Waals surface area contributed by atoms with Gasteiger partial charge in [-0.25, -0.2) is 4.39 Å². The van der Waals surface area contributed by atoms with Gasteiger partial charge in [-0.3, -0.25) is 14.9 Å². The third-order valence-corrected chi connectivity index (χ3v) is 7.75. The number of nitro groups is 1. The van der Waals surface area contributed by atoms with Crippen molar-refractivity contribution in [1.82, 2.24) is 20.3 Å². The van der Waals surface area contributed by atoms with Crippen molar-refractivity contribution in [1.29, 1.82) is 0 Å². The fourth-order valence-electron chi connectivity index (χ4n) is 5.13.